The van der Waals surface area contributed by atoms with Gasteiger partial charge in [0, 0.05) is 24.1 Å². The van der Waals surface area contributed by atoms with E-state index in [9.17, 15) is 4.79 Å². The molecule has 140 valence electrons. The SMILES string of the molecule is C=C1Oc2cc(OC)c3c(=O)c4cc5ccccc5cc4n(C)c3c2C1(C)C. The lowest BCUT2D eigenvalue weighted by Crippen LogP contribution is -2.19. The van der Waals surface area contributed by atoms with Crippen molar-refractivity contribution >= 4 is 32.6 Å². The van der Waals surface area contributed by atoms with Gasteiger partial charge in [0.2, 0.25) is 5.43 Å². The molecule has 28 heavy (non-hydrogen) atoms. The molecular formula is C24H21NO3. The molecule has 0 amide bonds. The summed E-state index contributed by atoms with van der Waals surface area (Å²) in [4.78, 5) is 13.6. The van der Waals surface area contributed by atoms with E-state index in [1.807, 2.05) is 37.4 Å². The number of pyridine rings is 1. The van der Waals surface area contributed by atoms with Crippen molar-refractivity contribution in [3.05, 3.63) is 70.6 Å². The molecule has 2 heterocycles. The van der Waals surface area contributed by atoms with Gasteiger partial charge < -0.3 is 14.0 Å². The van der Waals surface area contributed by atoms with Crippen LogP contribution in [-0.4, -0.2) is 11.7 Å². The van der Waals surface area contributed by atoms with E-state index in [2.05, 4.69) is 37.1 Å². The van der Waals surface area contributed by atoms with Crippen LogP contribution >= 0.6 is 0 Å². The smallest absolute Gasteiger partial charge is 0.201 e. The topological polar surface area (TPSA) is 40.5 Å². The zero-order chi connectivity index (χ0) is 19.8. The number of benzene rings is 3. The summed E-state index contributed by atoms with van der Waals surface area (Å²) < 4.78 is 13.7. The molecule has 0 atom stereocenters. The van der Waals surface area contributed by atoms with Crippen LogP contribution in [0, 0.1) is 0 Å². The number of hydrogen-bond donors (Lipinski definition) is 0. The lowest BCUT2D eigenvalue weighted by atomic mass is 9.82. The Labute approximate surface area is 162 Å². The molecule has 0 fully saturated rings. The lowest BCUT2D eigenvalue weighted by molar-refractivity contribution is 0.390. The highest BCUT2D eigenvalue weighted by Gasteiger charge is 2.40. The molecule has 0 unspecified atom stereocenters. The Hall–Kier alpha value is -3.27. The molecule has 0 saturated carbocycles. The molecule has 4 heteroatoms. The Kier molecular flexibility index (Phi) is 3.24. The first-order chi connectivity index (χ1) is 13.3. The van der Waals surface area contributed by atoms with Crippen molar-refractivity contribution in [1.29, 1.82) is 0 Å². The van der Waals surface area contributed by atoms with Gasteiger partial charge in [0.25, 0.3) is 0 Å². The monoisotopic (exact) mass is 371 g/mol. The van der Waals surface area contributed by atoms with Crippen molar-refractivity contribution in [2.45, 2.75) is 19.3 Å². The first-order valence-electron chi connectivity index (χ1n) is 9.28. The number of hydrogen-bond acceptors (Lipinski definition) is 3. The standard InChI is InChI=1S/C24H21NO3/c1-13-24(2,3)21-19(28-13)12-18(27-5)20-22(21)25(4)17-11-15-9-7-6-8-14(15)10-16(17)23(20)26/h6-12H,1H2,2-5H3. The molecule has 4 aromatic rings. The highest BCUT2D eigenvalue weighted by atomic mass is 16.5. The molecule has 4 nitrogen and oxygen atoms in total. The summed E-state index contributed by atoms with van der Waals surface area (Å²) in [6.07, 6.45) is 0. The highest BCUT2D eigenvalue weighted by molar-refractivity contribution is 6.04. The van der Waals surface area contributed by atoms with Gasteiger partial charge in [0.15, 0.2) is 0 Å². The summed E-state index contributed by atoms with van der Waals surface area (Å²) in [5.74, 6) is 1.90. The minimum absolute atomic E-state index is 0.0261. The maximum absolute atomic E-state index is 13.6. The van der Waals surface area contributed by atoms with Crippen LogP contribution in [0.4, 0.5) is 0 Å². The Morgan fingerprint density at radius 3 is 2.46 bits per heavy atom. The molecule has 0 bridgehead atoms. The third-order valence-electron chi connectivity index (χ3n) is 6.04. The van der Waals surface area contributed by atoms with Gasteiger partial charge in [0.05, 0.1) is 28.9 Å². The van der Waals surface area contributed by atoms with Gasteiger partial charge in [0.1, 0.15) is 17.3 Å². The van der Waals surface area contributed by atoms with E-state index in [1.165, 1.54) is 0 Å². The molecule has 0 radical (unpaired) electrons. The van der Waals surface area contributed by atoms with Crippen LogP contribution < -0.4 is 14.9 Å². The zero-order valence-corrected chi connectivity index (χ0v) is 16.4. The summed E-state index contributed by atoms with van der Waals surface area (Å²) in [5, 5.41) is 3.41. The van der Waals surface area contributed by atoms with Crippen LogP contribution in [0.2, 0.25) is 0 Å². The number of allylic oxidation sites excluding steroid dienone is 1. The number of rotatable bonds is 1. The lowest BCUT2D eigenvalue weighted by Gasteiger charge is -2.22. The molecule has 1 aliphatic rings. The van der Waals surface area contributed by atoms with E-state index in [1.54, 1.807) is 7.11 Å². The van der Waals surface area contributed by atoms with E-state index in [0.717, 1.165) is 27.4 Å². The second-order valence-corrected chi connectivity index (χ2v) is 7.93. The largest absolute Gasteiger partial charge is 0.496 e. The van der Waals surface area contributed by atoms with Crippen molar-refractivity contribution in [1.82, 2.24) is 4.57 Å². The predicted octanol–water partition coefficient (Wildman–Crippen LogP) is 5.04. The molecular weight excluding hydrogens is 350 g/mol. The van der Waals surface area contributed by atoms with E-state index in [-0.39, 0.29) is 5.43 Å². The summed E-state index contributed by atoms with van der Waals surface area (Å²) in [6.45, 7) is 8.23. The highest BCUT2D eigenvalue weighted by Crippen LogP contribution is 2.50. The van der Waals surface area contributed by atoms with Crippen LogP contribution in [0.15, 0.2) is 59.6 Å². The van der Waals surface area contributed by atoms with Gasteiger partial charge in [-0.2, -0.15) is 0 Å². The number of fused-ring (bicyclic) bond motifs is 5. The van der Waals surface area contributed by atoms with Crippen LogP contribution in [0.3, 0.4) is 0 Å². The fraction of sp³-hybridized carbons (Fsp3) is 0.208. The van der Waals surface area contributed by atoms with Crippen molar-refractivity contribution in [3.63, 3.8) is 0 Å². The third-order valence-corrected chi connectivity index (χ3v) is 6.04. The molecule has 0 spiro atoms. The second-order valence-electron chi connectivity index (χ2n) is 7.93. The van der Waals surface area contributed by atoms with E-state index < -0.39 is 5.41 Å². The van der Waals surface area contributed by atoms with Gasteiger partial charge in [-0.25, -0.2) is 0 Å². The number of nitrogens with zero attached hydrogens (tertiary/aromatic N) is 1. The van der Waals surface area contributed by atoms with E-state index in [0.29, 0.717) is 28.0 Å². The summed E-state index contributed by atoms with van der Waals surface area (Å²) >= 11 is 0. The van der Waals surface area contributed by atoms with Crippen molar-refractivity contribution in [2.75, 3.05) is 7.11 Å². The zero-order valence-electron chi connectivity index (χ0n) is 16.4. The Balaban J connectivity index is 2.09. The van der Waals surface area contributed by atoms with Crippen LogP contribution in [0.25, 0.3) is 32.6 Å². The molecule has 5 rings (SSSR count). The molecule has 0 saturated heterocycles. The van der Waals surface area contributed by atoms with Gasteiger partial charge in [-0.3, -0.25) is 4.79 Å². The predicted molar refractivity (Wildman–Crippen MR) is 114 cm³/mol. The molecule has 1 aromatic heterocycles. The first kappa shape index (κ1) is 16.9. The fourth-order valence-corrected chi connectivity index (χ4v) is 4.36. The molecule has 0 aliphatic carbocycles. The summed E-state index contributed by atoms with van der Waals surface area (Å²) in [7, 11) is 3.58. The maximum atomic E-state index is 13.6. The van der Waals surface area contributed by atoms with Crippen molar-refractivity contribution < 1.29 is 9.47 Å². The van der Waals surface area contributed by atoms with Gasteiger partial charge >= 0.3 is 0 Å². The minimum atomic E-state index is -0.408. The van der Waals surface area contributed by atoms with Gasteiger partial charge in [-0.15, -0.1) is 0 Å². The van der Waals surface area contributed by atoms with Crippen LogP contribution in [0.5, 0.6) is 11.5 Å². The van der Waals surface area contributed by atoms with Crippen molar-refractivity contribution in [2.24, 2.45) is 7.05 Å². The quantitative estimate of drug-likeness (QED) is 0.440. The number of aryl methyl sites for hydroxylation is 1. The van der Waals surface area contributed by atoms with Gasteiger partial charge in [-0.1, -0.05) is 30.8 Å². The average molecular weight is 371 g/mol. The Morgan fingerprint density at radius 1 is 1.11 bits per heavy atom. The third kappa shape index (κ3) is 1.97. The number of ether oxygens (including phenoxy) is 2. The molecule has 3 aromatic carbocycles. The first-order valence-corrected chi connectivity index (χ1v) is 9.28. The average Bonchev–Trinajstić information content (AvgIpc) is 2.92. The van der Waals surface area contributed by atoms with Crippen molar-refractivity contribution in [3.8, 4) is 11.5 Å². The van der Waals surface area contributed by atoms with E-state index >= 15 is 0 Å². The maximum Gasteiger partial charge on any atom is 0.201 e. The number of methoxy groups -OCH3 is 1. The van der Waals surface area contributed by atoms with Crippen LogP contribution in [-0.2, 0) is 12.5 Å². The van der Waals surface area contributed by atoms with Crippen LogP contribution in [0.1, 0.15) is 19.4 Å². The van der Waals surface area contributed by atoms with Gasteiger partial charge in [-0.05, 0) is 36.8 Å². The van der Waals surface area contributed by atoms with E-state index in [4.69, 9.17) is 9.47 Å². The Morgan fingerprint density at radius 2 is 1.79 bits per heavy atom. The molecule has 1 aliphatic heterocycles. The Bertz CT molecular complexity index is 1390. The second kappa shape index (κ2) is 5.38. The fourth-order valence-electron chi connectivity index (χ4n) is 4.36. The number of aromatic nitrogens is 1. The summed E-state index contributed by atoms with van der Waals surface area (Å²) in [5.41, 5.74) is 2.27. The normalized spacial score (nSPS) is 15.2. The summed E-state index contributed by atoms with van der Waals surface area (Å²) in [6, 6.07) is 13.9. The molecule has 0 N–H and O–H groups in total. The minimum Gasteiger partial charge on any atom is -0.496 e.